The zero-order chi connectivity index (χ0) is 32.7. The van der Waals surface area contributed by atoms with Crippen LogP contribution in [0.3, 0.4) is 0 Å². The molecule has 0 aliphatic carbocycles. The average molecular weight is 636 g/mol. The molecule has 2 unspecified atom stereocenters. The highest BCUT2D eigenvalue weighted by molar-refractivity contribution is 6.09. The molecule has 4 aromatic heterocycles. The second-order valence-corrected chi connectivity index (χ2v) is 12.2. The predicted molar refractivity (Wildman–Crippen MR) is 161 cm³/mol. The predicted octanol–water partition coefficient (Wildman–Crippen LogP) is 4.70. The monoisotopic (exact) mass is 635 g/mol. The van der Waals surface area contributed by atoms with Gasteiger partial charge in [-0.1, -0.05) is 20.8 Å². The molecule has 0 bridgehead atoms. The summed E-state index contributed by atoms with van der Waals surface area (Å²) >= 11 is 0. The summed E-state index contributed by atoms with van der Waals surface area (Å²) in [6, 6.07) is 4.25. The van der Waals surface area contributed by atoms with Crippen molar-refractivity contribution in [2.45, 2.75) is 52.8 Å². The van der Waals surface area contributed by atoms with Gasteiger partial charge in [0.1, 0.15) is 17.9 Å². The molecular weight excluding hydrogens is 604 g/mol. The van der Waals surface area contributed by atoms with E-state index in [1.807, 2.05) is 20.8 Å². The number of nitrogens with zero attached hydrogens (tertiary/aromatic N) is 7. The second-order valence-electron chi connectivity index (χ2n) is 12.2. The van der Waals surface area contributed by atoms with E-state index in [-0.39, 0.29) is 58.6 Å². The van der Waals surface area contributed by atoms with Crippen LogP contribution in [0.5, 0.6) is 5.75 Å². The lowest BCUT2D eigenvalue weighted by atomic mass is 9.76. The Bertz CT molecular complexity index is 1940. The number of hydrogen-bond acceptors (Lipinski definition) is 8. The summed E-state index contributed by atoms with van der Waals surface area (Å²) in [6.45, 7) is 2.75. The maximum Gasteiger partial charge on any atom is 0.407 e. The summed E-state index contributed by atoms with van der Waals surface area (Å²) in [4.78, 5) is 44.0. The van der Waals surface area contributed by atoms with Crippen molar-refractivity contribution in [2.24, 2.45) is 11.3 Å². The van der Waals surface area contributed by atoms with Crippen LogP contribution in [0.25, 0.3) is 27.8 Å². The Morgan fingerprint density at radius 3 is 2.72 bits per heavy atom. The standard InChI is InChI=1S/C30H31F2N9O5/c1-30(2,3)24-10-16(5-8-39(24)29(44)45)22(42)15-41-21-11-23(46-28(31)32)18(9-17(21)12-35-41)25-20(14-34-38-25)37-27(43)19-13-36-40-7-4-6-33-26(19)40/h4,6-7,9,11-14,16,24,28H,5,8,10,15H2,1-3H3,(H,34,38)(H,37,43)(H,44,45). The number of hydrogen-bond donors (Lipinski definition) is 3. The SMILES string of the molecule is CC(C)(C)C1CC(C(=O)Cn2ncc3cc(-c4[nH]ncc4NC(=O)c4cnn5cccnc45)c(OC(F)F)cc32)CCN1C(=O)O. The van der Waals surface area contributed by atoms with E-state index in [0.717, 1.165) is 0 Å². The molecule has 0 saturated carbocycles. The number of piperidine rings is 1. The van der Waals surface area contributed by atoms with Crippen LogP contribution in [-0.2, 0) is 11.3 Å². The van der Waals surface area contributed by atoms with E-state index in [1.54, 1.807) is 18.3 Å². The molecule has 0 spiro atoms. The Hall–Kier alpha value is -5.41. The van der Waals surface area contributed by atoms with Gasteiger partial charge in [0, 0.05) is 47.9 Å². The maximum atomic E-state index is 13.6. The summed E-state index contributed by atoms with van der Waals surface area (Å²) in [5, 5.41) is 28.1. The molecule has 6 rings (SSSR count). The largest absolute Gasteiger partial charge is 0.465 e. The number of fused-ring (bicyclic) bond motifs is 2. The van der Waals surface area contributed by atoms with Gasteiger partial charge in [0.25, 0.3) is 5.91 Å². The van der Waals surface area contributed by atoms with Gasteiger partial charge in [-0.15, -0.1) is 0 Å². The van der Waals surface area contributed by atoms with Crippen molar-refractivity contribution >= 4 is 40.0 Å². The van der Waals surface area contributed by atoms with Crippen LogP contribution in [0.4, 0.5) is 19.3 Å². The van der Waals surface area contributed by atoms with Crippen molar-refractivity contribution in [3.05, 3.63) is 54.7 Å². The molecule has 1 aliphatic rings. The fraction of sp³-hybridized carbons (Fsp3) is 0.367. The van der Waals surface area contributed by atoms with Gasteiger partial charge >= 0.3 is 12.7 Å². The summed E-state index contributed by atoms with van der Waals surface area (Å²) in [6.07, 6.45) is 7.11. The fourth-order valence-electron chi connectivity index (χ4n) is 5.97. The minimum atomic E-state index is -3.17. The number of aromatic amines is 1. The van der Waals surface area contributed by atoms with E-state index < -0.39 is 24.5 Å². The zero-order valence-electron chi connectivity index (χ0n) is 25.1. The minimum absolute atomic E-state index is 0.134. The highest BCUT2D eigenvalue weighted by atomic mass is 19.3. The topological polar surface area (TPSA) is 173 Å². The van der Waals surface area contributed by atoms with Crippen LogP contribution in [-0.4, -0.2) is 81.6 Å². The van der Waals surface area contributed by atoms with Crippen molar-refractivity contribution in [3.63, 3.8) is 0 Å². The molecule has 5 heterocycles. The van der Waals surface area contributed by atoms with Crippen LogP contribution < -0.4 is 10.1 Å². The third-order valence-corrected chi connectivity index (χ3v) is 8.25. The van der Waals surface area contributed by atoms with Crippen LogP contribution in [0.15, 0.2) is 49.2 Å². The number of Topliss-reactive ketones (excluding diaryl/α,β-unsaturated/α-hetero) is 1. The fourth-order valence-corrected chi connectivity index (χ4v) is 5.97. The highest BCUT2D eigenvalue weighted by Gasteiger charge is 2.40. The van der Waals surface area contributed by atoms with Crippen LogP contribution in [0.2, 0.25) is 0 Å². The summed E-state index contributed by atoms with van der Waals surface area (Å²) in [5.74, 6) is -1.29. The van der Waals surface area contributed by atoms with Crippen molar-refractivity contribution in [3.8, 4) is 17.0 Å². The summed E-state index contributed by atoms with van der Waals surface area (Å²) < 4.78 is 35.0. The van der Waals surface area contributed by atoms with Gasteiger partial charge in [-0.2, -0.15) is 24.1 Å². The normalized spacial score (nSPS) is 17.1. The highest BCUT2D eigenvalue weighted by Crippen LogP contribution is 2.39. The van der Waals surface area contributed by atoms with E-state index >= 15 is 0 Å². The number of nitrogens with one attached hydrogen (secondary N) is 2. The van der Waals surface area contributed by atoms with Crippen molar-refractivity contribution < 1.29 is 33.0 Å². The van der Waals surface area contributed by atoms with Gasteiger partial charge in [-0.25, -0.2) is 14.3 Å². The molecule has 14 nitrogen and oxygen atoms in total. The van der Waals surface area contributed by atoms with Gasteiger partial charge in [0.05, 0.1) is 35.5 Å². The Labute approximate surface area is 260 Å². The molecule has 16 heteroatoms. The number of benzene rings is 1. The maximum absolute atomic E-state index is 13.6. The lowest BCUT2D eigenvalue weighted by Gasteiger charge is -2.44. The van der Waals surface area contributed by atoms with Crippen molar-refractivity contribution in [1.29, 1.82) is 0 Å². The molecule has 240 valence electrons. The molecule has 1 fully saturated rings. The Balaban J connectivity index is 1.28. The Kier molecular flexibility index (Phi) is 7.87. The molecule has 3 N–H and O–H groups in total. The van der Waals surface area contributed by atoms with E-state index in [1.165, 1.54) is 45.0 Å². The Morgan fingerprint density at radius 1 is 1.17 bits per heavy atom. The van der Waals surface area contributed by atoms with Gasteiger partial charge in [-0.3, -0.25) is 19.4 Å². The number of aromatic nitrogens is 7. The molecule has 0 radical (unpaired) electrons. The quantitative estimate of drug-likeness (QED) is 0.219. The lowest BCUT2D eigenvalue weighted by Crippen LogP contribution is -2.52. The molecule has 1 saturated heterocycles. The van der Waals surface area contributed by atoms with Crippen LogP contribution >= 0.6 is 0 Å². The van der Waals surface area contributed by atoms with Crippen LogP contribution in [0, 0.1) is 11.3 Å². The van der Waals surface area contributed by atoms with Crippen molar-refractivity contribution in [2.75, 3.05) is 11.9 Å². The molecule has 1 aliphatic heterocycles. The van der Waals surface area contributed by atoms with Crippen molar-refractivity contribution in [1.82, 2.24) is 39.5 Å². The number of anilines is 1. The number of ketones is 1. The average Bonchev–Trinajstić information content (AvgIpc) is 3.74. The summed E-state index contributed by atoms with van der Waals surface area (Å²) in [5.41, 5.74) is 1.11. The van der Waals surface area contributed by atoms with Gasteiger partial charge < -0.3 is 20.1 Å². The molecule has 5 aromatic rings. The summed E-state index contributed by atoms with van der Waals surface area (Å²) in [7, 11) is 0. The molecule has 46 heavy (non-hydrogen) atoms. The smallest absolute Gasteiger partial charge is 0.407 e. The van der Waals surface area contributed by atoms with Gasteiger partial charge in [0.2, 0.25) is 0 Å². The molecule has 2 atom stereocenters. The molecule has 2 amide bonds. The number of halogens is 2. The van der Waals surface area contributed by atoms with E-state index in [4.69, 9.17) is 4.74 Å². The molecule has 1 aromatic carbocycles. The number of alkyl halides is 2. The first kappa shape index (κ1) is 30.6. The third-order valence-electron chi connectivity index (χ3n) is 8.25. The second kappa shape index (κ2) is 11.8. The number of ether oxygens (including phenoxy) is 1. The first-order chi connectivity index (χ1) is 21.9. The number of amides is 2. The number of carbonyl (C=O) groups is 3. The third kappa shape index (κ3) is 5.84. The number of likely N-dealkylation sites (tertiary alicyclic amines) is 1. The first-order valence-electron chi connectivity index (χ1n) is 14.5. The van der Waals surface area contributed by atoms with E-state index in [9.17, 15) is 28.3 Å². The molecular formula is C30H31F2N9O5. The minimum Gasteiger partial charge on any atom is -0.465 e. The first-order valence-corrected chi connectivity index (χ1v) is 14.5. The van der Waals surface area contributed by atoms with E-state index in [2.05, 4.69) is 30.7 Å². The number of H-pyrrole nitrogens is 1. The Morgan fingerprint density at radius 2 is 1.98 bits per heavy atom. The van der Waals surface area contributed by atoms with Gasteiger partial charge in [-0.05, 0) is 30.4 Å². The lowest BCUT2D eigenvalue weighted by molar-refractivity contribution is -0.126. The van der Waals surface area contributed by atoms with Crippen LogP contribution in [0.1, 0.15) is 44.0 Å². The van der Waals surface area contributed by atoms with E-state index in [0.29, 0.717) is 29.4 Å². The number of carboxylic acid groups (broad SMARTS) is 1. The zero-order valence-corrected chi connectivity index (χ0v) is 25.1. The van der Waals surface area contributed by atoms with Gasteiger partial charge in [0.15, 0.2) is 11.4 Å². The number of rotatable bonds is 8. The number of carbonyl (C=O) groups excluding carboxylic acids is 2.